The molecule has 0 saturated carbocycles. The van der Waals surface area contributed by atoms with E-state index in [1.807, 2.05) is 24.5 Å². The van der Waals surface area contributed by atoms with Gasteiger partial charge in [0.15, 0.2) is 5.71 Å². The van der Waals surface area contributed by atoms with Crippen molar-refractivity contribution in [2.75, 3.05) is 19.0 Å². The highest BCUT2D eigenvalue weighted by Crippen LogP contribution is 2.33. The molecule has 230 valence electrons. The van der Waals surface area contributed by atoms with Crippen LogP contribution in [0.15, 0.2) is 90.1 Å². The number of nitro groups is 1. The fourth-order valence-corrected chi connectivity index (χ4v) is 5.26. The van der Waals surface area contributed by atoms with E-state index in [1.54, 1.807) is 80.8 Å². The fourth-order valence-electron chi connectivity index (χ4n) is 5.26. The van der Waals surface area contributed by atoms with Crippen LogP contribution in [0.4, 0.5) is 16.2 Å². The van der Waals surface area contributed by atoms with E-state index in [0.717, 1.165) is 11.0 Å². The molecule has 0 saturated heterocycles. The lowest BCUT2D eigenvalue weighted by molar-refractivity contribution is -0.384. The normalized spacial score (nSPS) is 12.2. The van der Waals surface area contributed by atoms with E-state index in [1.165, 1.54) is 12.1 Å². The van der Waals surface area contributed by atoms with E-state index in [2.05, 4.69) is 10.5 Å². The van der Waals surface area contributed by atoms with Gasteiger partial charge in [0, 0.05) is 64.4 Å². The number of aromatic nitrogens is 1. The van der Waals surface area contributed by atoms with Crippen molar-refractivity contribution in [3.8, 4) is 5.75 Å². The number of rotatable bonds is 11. The first-order valence-electron chi connectivity index (χ1n) is 14.3. The molecule has 5 rings (SSSR count). The highest BCUT2D eigenvalue weighted by molar-refractivity contribution is 6.51. The van der Waals surface area contributed by atoms with Crippen LogP contribution in [0.5, 0.6) is 5.75 Å². The number of nitrogens with zero attached hydrogens (tertiary/aromatic N) is 3. The summed E-state index contributed by atoms with van der Waals surface area (Å²) in [5.41, 5.74) is 3.35. The Bertz CT molecular complexity index is 1930. The van der Waals surface area contributed by atoms with Crippen LogP contribution in [0.3, 0.4) is 0 Å². The number of fused-ring (bicyclic) bond motifs is 3. The van der Waals surface area contributed by atoms with Gasteiger partial charge in [-0.2, -0.15) is 0 Å². The molecule has 0 fully saturated rings. The molecule has 0 aliphatic rings. The summed E-state index contributed by atoms with van der Waals surface area (Å²) in [4.78, 5) is 43.1. The second-order valence-electron chi connectivity index (χ2n) is 10.4. The van der Waals surface area contributed by atoms with Gasteiger partial charge in [0.1, 0.15) is 11.9 Å². The number of ketones is 1. The number of aryl methyl sites for hydroxylation is 2. The summed E-state index contributed by atoms with van der Waals surface area (Å²) in [5, 5.41) is 19.5. The average Bonchev–Trinajstić information content (AvgIpc) is 3.34. The van der Waals surface area contributed by atoms with Crippen LogP contribution in [-0.4, -0.2) is 46.9 Å². The van der Waals surface area contributed by atoms with Crippen molar-refractivity contribution in [3.05, 3.63) is 112 Å². The molecule has 1 N–H and O–H groups in total. The number of methoxy groups -OCH3 is 1. The number of non-ortho nitro benzene ring substituents is 1. The second kappa shape index (κ2) is 13.4. The van der Waals surface area contributed by atoms with E-state index in [4.69, 9.17) is 14.3 Å². The van der Waals surface area contributed by atoms with Crippen molar-refractivity contribution in [3.63, 3.8) is 0 Å². The lowest BCUT2D eigenvalue weighted by atomic mass is 9.96. The third-order valence-electron chi connectivity index (χ3n) is 7.28. The number of oxime groups is 1. The predicted molar refractivity (Wildman–Crippen MR) is 172 cm³/mol. The molecule has 0 spiro atoms. The third-order valence-corrected chi connectivity index (χ3v) is 7.28. The summed E-state index contributed by atoms with van der Waals surface area (Å²) < 4.78 is 13.1. The molecule has 11 nitrogen and oxygen atoms in total. The molecule has 1 unspecified atom stereocenters. The zero-order valence-electron chi connectivity index (χ0n) is 25.3. The molecule has 0 aliphatic heterocycles. The molecular weight excluding hydrogens is 576 g/mol. The second-order valence-corrected chi connectivity index (χ2v) is 10.4. The quantitative estimate of drug-likeness (QED) is 0.0547. The summed E-state index contributed by atoms with van der Waals surface area (Å²) in [5.74, 6) is 0.0717. The van der Waals surface area contributed by atoms with Crippen LogP contribution in [0.1, 0.15) is 35.3 Å². The number of carbonyl (C=O) groups excluding carboxylic acids is 2. The van der Waals surface area contributed by atoms with Crippen molar-refractivity contribution in [1.82, 2.24) is 4.57 Å². The highest BCUT2D eigenvalue weighted by Gasteiger charge is 2.23. The lowest BCUT2D eigenvalue weighted by Gasteiger charge is -2.16. The highest BCUT2D eigenvalue weighted by atomic mass is 16.7. The number of para-hydroxylation sites is 1. The number of hydrogen-bond acceptors (Lipinski definition) is 8. The Labute approximate surface area is 259 Å². The molecule has 11 heteroatoms. The first kappa shape index (κ1) is 30.9. The molecule has 0 radical (unpaired) electrons. The zero-order chi connectivity index (χ0) is 32.1. The van der Waals surface area contributed by atoms with Gasteiger partial charge < -0.3 is 14.0 Å². The summed E-state index contributed by atoms with van der Waals surface area (Å²) in [7, 11) is 1.59. The van der Waals surface area contributed by atoms with Gasteiger partial charge in [-0.1, -0.05) is 23.4 Å². The van der Waals surface area contributed by atoms with Crippen LogP contribution in [0.25, 0.3) is 21.8 Å². The lowest BCUT2D eigenvalue weighted by Crippen LogP contribution is -2.21. The molecule has 1 aromatic heterocycles. The van der Waals surface area contributed by atoms with Gasteiger partial charge in [-0.05, 0) is 80.9 Å². The van der Waals surface area contributed by atoms with E-state index in [0.29, 0.717) is 46.5 Å². The van der Waals surface area contributed by atoms with Gasteiger partial charge in [0.05, 0.1) is 11.5 Å². The maximum atomic E-state index is 14.1. The van der Waals surface area contributed by atoms with Gasteiger partial charge in [-0.3, -0.25) is 25.1 Å². The molecule has 1 amide bonds. The van der Waals surface area contributed by atoms with Crippen LogP contribution in [0, 0.1) is 17.0 Å². The van der Waals surface area contributed by atoms with E-state index in [-0.39, 0.29) is 23.1 Å². The standard InChI is InChI=1S/C34H32N4O7/c1-5-37-30-15-11-23(18-28(30)29-19-25(38(41)42)12-16-31(29)37)33(39)32(36-45-34(40)35-24-9-7-6-8-10-24)27-14-13-26(17-21(27)2)44-22(3)20-43-4/h6-19,22H,5,20H2,1-4H3,(H,35,40)/b36-32+. The van der Waals surface area contributed by atoms with E-state index in [9.17, 15) is 19.7 Å². The number of hydrogen-bond donors (Lipinski definition) is 1. The van der Waals surface area contributed by atoms with Crippen molar-refractivity contribution in [2.45, 2.75) is 33.4 Å². The smallest absolute Gasteiger partial charge is 0.437 e. The number of carbonyl (C=O) groups is 2. The first-order chi connectivity index (χ1) is 21.7. The maximum Gasteiger partial charge on any atom is 0.437 e. The SMILES string of the molecule is CCn1c2ccc(C(=O)/C(=N/OC(=O)Nc3ccccc3)c3ccc(OC(C)COC)cc3C)cc2c2cc([N+](=O)[O-])ccc21. The Hall–Kier alpha value is -5.55. The van der Waals surface area contributed by atoms with Crippen molar-refractivity contribution >= 4 is 50.8 Å². The number of anilines is 1. The monoisotopic (exact) mass is 608 g/mol. The largest absolute Gasteiger partial charge is 0.488 e. The number of amides is 1. The first-order valence-corrected chi connectivity index (χ1v) is 14.3. The molecule has 0 bridgehead atoms. The molecule has 1 heterocycles. The Balaban J connectivity index is 1.56. The summed E-state index contributed by atoms with van der Waals surface area (Å²) in [6.07, 6.45) is -1.07. The third kappa shape index (κ3) is 6.68. The Kier molecular flexibility index (Phi) is 9.20. The van der Waals surface area contributed by atoms with Crippen molar-refractivity contribution in [2.24, 2.45) is 5.16 Å². The Morgan fingerprint density at radius 3 is 2.36 bits per heavy atom. The van der Waals surface area contributed by atoms with Gasteiger partial charge in [0.2, 0.25) is 5.78 Å². The summed E-state index contributed by atoms with van der Waals surface area (Å²) in [6.45, 7) is 6.68. The molecule has 45 heavy (non-hydrogen) atoms. The summed E-state index contributed by atoms with van der Waals surface area (Å²) in [6, 6.07) is 23.7. The molecule has 4 aromatic carbocycles. The maximum absolute atomic E-state index is 14.1. The van der Waals surface area contributed by atoms with Gasteiger partial charge in [0.25, 0.3) is 5.69 Å². The van der Waals surface area contributed by atoms with Crippen LogP contribution in [-0.2, 0) is 16.1 Å². The minimum atomic E-state index is -0.869. The summed E-state index contributed by atoms with van der Waals surface area (Å²) >= 11 is 0. The molecule has 5 aromatic rings. The molecule has 1 atom stereocenters. The van der Waals surface area contributed by atoms with Crippen molar-refractivity contribution in [1.29, 1.82) is 0 Å². The van der Waals surface area contributed by atoms with Crippen LogP contribution < -0.4 is 10.1 Å². The number of nitrogens with one attached hydrogen (secondary N) is 1. The van der Waals surface area contributed by atoms with Gasteiger partial charge in [-0.15, -0.1) is 0 Å². The number of nitro benzene ring substituents is 1. The number of ether oxygens (including phenoxy) is 2. The topological polar surface area (TPSA) is 134 Å². The predicted octanol–water partition coefficient (Wildman–Crippen LogP) is 7.28. The number of benzene rings is 4. The Morgan fingerprint density at radius 2 is 1.69 bits per heavy atom. The zero-order valence-corrected chi connectivity index (χ0v) is 25.3. The minimum Gasteiger partial charge on any atom is -0.488 e. The van der Waals surface area contributed by atoms with Crippen LogP contribution >= 0.6 is 0 Å². The molecule has 0 aliphatic carbocycles. The van der Waals surface area contributed by atoms with Crippen molar-refractivity contribution < 1.29 is 28.8 Å². The average molecular weight is 609 g/mol. The molecular formula is C34H32N4O7. The van der Waals surface area contributed by atoms with Gasteiger partial charge >= 0.3 is 6.09 Å². The van der Waals surface area contributed by atoms with Crippen LogP contribution in [0.2, 0.25) is 0 Å². The Morgan fingerprint density at radius 1 is 0.978 bits per heavy atom. The van der Waals surface area contributed by atoms with E-state index < -0.39 is 16.8 Å². The van der Waals surface area contributed by atoms with Gasteiger partial charge in [-0.25, -0.2) is 4.79 Å². The number of Topliss-reactive ketones (excluding diaryl/α,β-unsaturated/α-hetero) is 1. The fraction of sp³-hybridized carbons (Fsp3) is 0.206. The van der Waals surface area contributed by atoms with E-state index >= 15 is 0 Å². The minimum absolute atomic E-state index is 0.0489.